The van der Waals surface area contributed by atoms with Crippen molar-refractivity contribution in [1.82, 2.24) is 9.88 Å². The molecule has 1 aromatic heterocycles. The van der Waals surface area contributed by atoms with Gasteiger partial charge in [0.05, 0.1) is 0 Å². The summed E-state index contributed by atoms with van der Waals surface area (Å²) in [5, 5.41) is 0. The lowest BCUT2D eigenvalue weighted by atomic mass is 10.2. The Balaban J connectivity index is 2.41. The first-order chi connectivity index (χ1) is 6.72. The normalized spacial score (nSPS) is 10.5. The molecule has 3 heteroatoms. The van der Waals surface area contributed by atoms with Crippen LogP contribution in [0.25, 0.3) is 0 Å². The highest BCUT2D eigenvalue weighted by Crippen LogP contribution is 2.02. The summed E-state index contributed by atoms with van der Waals surface area (Å²) in [6.45, 7) is 6.18. The van der Waals surface area contributed by atoms with E-state index in [0.29, 0.717) is 6.54 Å². The highest BCUT2D eigenvalue weighted by atomic mass is 15.1. The standard InChI is InChI=1S/C11H17N3/c1-10(7-12)8-14(2)9-11-3-5-13-6-4-11/h3-6H,1,7-9,12H2,2H3. The first-order valence-corrected chi connectivity index (χ1v) is 4.66. The van der Waals surface area contributed by atoms with Gasteiger partial charge in [0.2, 0.25) is 0 Å². The number of nitrogens with two attached hydrogens (primary N) is 1. The maximum Gasteiger partial charge on any atom is 0.0271 e. The molecule has 3 nitrogen and oxygen atoms in total. The second-order valence-corrected chi connectivity index (χ2v) is 3.48. The molecule has 0 saturated heterocycles. The van der Waals surface area contributed by atoms with Crippen LogP contribution >= 0.6 is 0 Å². The first kappa shape index (κ1) is 10.9. The molecule has 0 bridgehead atoms. The Labute approximate surface area is 85.3 Å². The monoisotopic (exact) mass is 191 g/mol. The smallest absolute Gasteiger partial charge is 0.0271 e. The summed E-state index contributed by atoms with van der Waals surface area (Å²) in [6, 6.07) is 4.03. The summed E-state index contributed by atoms with van der Waals surface area (Å²) in [6.07, 6.45) is 3.61. The van der Waals surface area contributed by atoms with Gasteiger partial charge in [0, 0.05) is 32.0 Å². The lowest BCUT2D eigenvalue weighted by Gasteiger charge is -2.17. The van der Waals surface area contributed by atoms with Crippen LogP contribution in [-0.2, 0) is 6.54 Å². The molecule has 0 fully saturated rings. The Morgan fingerprint density at radius 3 is 2.71 bits per heavy atom. The van der Waals surface area contributed by atoms with Gasteiger partial charge in [-0.3, -0.25) is 9.88 Å². The molecule has 0 aromatic carbocycles. The fraction of sp³-hybridized carbons (Fsp3) is 0.364. The van der Waals surface area contributed by atoms with Gasteiger partial charge in [-0.15, -0.1) is 0 Å². The van der Waals surface area contributed by atoms with Crippen molar-refractivity contribution in [3.63, 3.8) is 0 Å². The van der Waals surface area contributed by atoms with Crippen molar-refractivity contribution in [2.45, 2.75) is 6.54 Å². The molecule has 1 aromatic rings. The zero-order chi connectivity index (χ0) is 10.4. The minimum absolute atomic E-state index is 0.556. The molecule has 0 aliphatic carbocycles. The van der Waals surface area contributed by atoms with E-state index in [0.717, 1.165) is 18.7 Å². The molecule has 0 unspecified atom stereocenters. The maximum absolute atomic E-state index is 5.48. The predicted molar refractivity (Wildman–Crippen MR) is 58.8 cm³/mol. The van der Waals surface area contributed by atoms with Crippen LogP contribution in [0.1, 0.15) is 5.56 Å². The van der Waals surface area contributed by atoms with E-state index in [1.807, 2.05) is 12.1 Å². The predicted octanol–water partition coefficient (Wildman–Crippen LogP) is 1.03. The number of hydrogen-bond acceptors (Lipinski definition) is 3. The van der Waals surface area contributed by atoms with Gasteiger partial charge in [-0.25, -0.2) is 0 Å². The average Bonchev–Trinajstić information content (AvgIpc) is 2.19. The van der Waals surface area contributed by atoms with E-state index in [2.05, 4.69) is 23.5 Å². The Bertz CT molecular complexity index is 282. The minimum atomic E-state index is 0.556. The topological polar surface area (TPSA) is 42.1 Å². The number of pyridine rings is 1. The molecule has 76 valence electrons. The minimum Gasteiger partial charge on any atom is -0.327 e. The van der Waals surface area contributed by atoms with Gasteiger partial charge in [-0.05, 0) is 30.3 Å². The fourth-order valence-electron chi connectivity index (χ4n) is 1.30. The molecule has 0 spiro atoms. The fourth-order valence-corrected chi connectivity index (χ4v) is 1.30. The lowest BCUT2D eigenvalue weighted by molar-refractivity contribution is 0.354. The molecule has 14 heavy (non-hydrogen) atoms. The molecule has 2 N–H and O–H groups in total. The third-order valence-corrected chi connectivity index (χ3v) is 1.98. The Kier molecular flexibility index (Phi) is 4.29. The van der Waals surface area contributed by atoms with E-state index in [4.69, 9.17) is 5.73 Å². The molecule has 0 aliphatic heterocycles. The Morgan fingerprint density at radius 1 is 1.50 bits per heavy atom. The third kappa shape index (κ3) is 3.68. The summed E-state index contributed by atoms with van der Waals surface area (Å²) < 4.78 is 0. The second-order valence-electron chi connectivity index (χ2n) is 3.48. The number of rotatable bonds is 5. The second kappa shape index (κ2) is 5.52. The molecule has 0 atom stereocenters. The van der Waals surface area contributed by atoms with Gasteiger partial charge in [0.25, 0.3) is 0 Å². The van der Waals surface area contributed by atoms with Gasteiger partial charge in [-0.2, -0.15) is 0 Å². The summed E-state index contributed by atoms with van der Waals surface area (Å²) in [5.74, 6) is 0. The highest BCUT2D eigenvalue weighted by molar-refractivity contribution is 5.10. The number of likely N-dealkylation sites (N-methyl/N-ethyl adjacent to an activating group) is 1. The van der Waals surface area contributed by atoms with Crippen molar-refractivity contribution in [3.05, 3.63) is 42.2 Å². The van der Waals surface area contributed by atoms with Crippen LogP contribution in [0.3, 0.4) is 0 Å². The van der Waals surface area contributed by atoms with Crippen LogP contribution in [0.15, 0.2) is 36.7 Å². The van der Waals surface area contributed by atoms with E-state index < -0.39 is 0 Å². The third-order valence-electron chi connectivity index (χ3n) is 1.98. The largest absolute Gasteiger partial charge is 0.327 e. The van der Waals surface area contributed by atoms with Crippen LogP contribution in [0.5, 0.6) is 0 Å². The van der Waals surface area contributed by atoms with Gasteiger partial charge in [0.1, 0.15) is 0 Å². The SMILES string of the molecule is C=C(CN)CN(C)Cc1ccncc1. The molecule has 0 saturated carbocycles. The van der Waals surface area contributed by atoms with Gasteiger partial charge in [-0.1, -0.05) is 6.58 Å². The number of aromatic nitrogens is 1. The average molecular weight is 191 g/mol. The van der Waals surface area contributed by atoms with E-state index >= 15 is 0 Å². The van der Waals surface area contributed by atoms with E-state index in [1.54, 1.807) is 12.4 Å². The molecule has 0 aliphatic rings. The molecule has 0 amide bonds. The molecular weight excluding hydrogens is 174 g/mol. The molecule has 1 rings (SSSR count). The summed E-state index contributed by atoms with van der Waals surface area (Å²) in [4.78, 5) is 6.16. The summed E-state index contributed by atoms with van der Waals surface area (Å²) in [7, 11) is 2.06. The van der Waals surface area contributed by atoms with Gasteiger partial charge >= 0.3 is 0 Å². The molecule has 1 heterocycles. The zero-order valence-corrected chi connectivity index (χ0v) is 8.61. The number of hydrogen-bond donors (Lipinski definition) is 1. The quantitative estimate of drug-likeness (QED) is 0.707. The van der Waals surface area contributed by atoms with E-state index in [1.165, 1.54) is 5.56 Å². The van der Waals surface area contributed by atoms with Gasteiger partial charge < -0.3 is 5.73 Å². The van der Waals surface area contributed by atoms with Crippen LogP contribution in [0.2, 0.25) is 0 Å². The highest BCUT2D eigenvalue weighted by Gasteiger charge is 2.00. The van der Waals surface area contributed by atoms with E-state index in [-0.39, 0.29) is 0 Å². The summed E-state index contributed by atoms with van der Waals surface area (Å²) in [5.41, 5.74) is 7.79. The molecular formula is C11H17N3. The van der Waals surface area contributed by atoms with Crippen molar-refractivity contribution in [2.24, 2.45) is 5.73 Å². The van der Waals surface area contributed by atoms with Crippen molar-refractivity contribution in [2.75, 3.05) is 20.1 Å². The van der Waals surface area contributed by atoms with Crippen molar-refractivity contribution in [3.8, 4) is 0 Å². The van der Waals surface area contributed by atoms with E-state index in [9.17, 15) is 0 Å². The van der Waals surface area contributed by atoms with Gasteiger partial charge in [0.15, 0.2) is 0 Å². The Hall–Kier alpha value is -1.19. The maximum atomic E-state index is 5.48. The zero-order valence-electron chi connectivity index (χ0n) is 8.61. The van der Waals surface area contributed by atoms with Crippen LogP contribution in [0, 0.1) is 0 Å². The van der Waals surface area contributed by atoms with Crippen molar-refractivity contribution < 1.29 is 0 Å². The van der Waals surface area contributed by atoms with Crippen molar-refractivity contribution >= 4 is 0 Å². The first-order valence-electron chi connectivity index (χ1n) is 4.66. The lowest BCUT2D eigenvalue weighted by Crippen LogP contribution is -2.23. The van der Waals surface area contributed by atoms with Crippen LogP contribution in [0.4, 0.5) is 0 Å². The Morgan fingerprint density at radius 2 is 2.14 bits per heavy atom. The van der Waals surface area contributed by atoms with Crippen LogP contribution < -0.4 is 5.73 Å². The number of nitrogens with zero attached hydrogens (tertiary/aromatic N) is 2. The van der Waals surface area contributed by atoms with Crippen molar-refractivity contribution in [1.29, 1.82) is 0 Å². The summed E-state index contributed by atoms with van der Waals surface area (Å²) >= 11 is 0. The van der Waals surface area contributed by atoms with Crippen LogP contribution in [-0.4, -0.2) is 30.0 Å². The molecule has 0 radical (unpaired) electrons.